The molecule has 2 N–H and O–H groups in total. The van der Waals surface area contributed by atoms with E-state index in [9.17, 15) is 4.79 Å². The van der Waals surface area contributed by atoms with E-state index in [0.717, 1.165) is 16.7 Å². The molecule has 2 aromatic heterocycles. The molecule has 124 valence electrons. The second-order valence-corrected chi connectivity index (χ2v) is 6.32. The van der Waals surface area contributed by atoms with Gasteiger partial charge in [-0.3, -0.25) is 4.79 Å². The van der Waals surface area contributed by atoms with Crippen molar-refractivity contribution in [3.05, 3.63) is 65.7 Å². The molecule has 0 aliphatic heterocycles. The third kappa shape index (κ3) is 3.09. The molecule has 7 heteroatoms. The second kappa shape index (κ2) is 6.37. The predicted octanol–water partition coefficient (Wildman–Crippen LogP) is 4.03. The number of thiazole rings is 1. The quantitative estimate of drug-likeness (QED) is 0.583. The molecule has 0 aliphatic carbocycles. The number of carbonyl (C=O) groups is 1. The summed E-state index contributed by atoms with van der Waals surface area (Å²) in [6.45, 7) is 0. The number of amides is 1. The van der Waals surface area contributed by atoms with Crippen LogP contribution in [0.3, 0.4) is 0 Å². The first kappa shape index (κ1) is 15.3. The van der Waals surface area contributed by atoms with Gasteiger partial charge in [0.15, 0.2) is 5.13 Å². The molecule has 6 nitrogen and oxygen atoms in total. The third-order valence-electron chi connectivity index (χ3n) is 3.77. The van der Waals surface area contributed by atoms with Crippen LogP contribution in [0.25, 0.3) is 11.0 Å². The Labute approximate surface area is 148 Å². The van der Waals surface area contributed by atoms with E-state index in [1.165, 1.54) is 11.3 Å². The van der Waals surface area contributed by atoms with Gasteiger partial charge in [-0.25, -0.2) is 9.97 Å². The van der Waals surface area contributed by atoms with Crippen molar-refractivity contribution >= 4 is 45.0 Å². The van der Waals surface area contributed by atoms with Gasteiger partial charge in [-0.2, -0.15) is 0 Å². The number of benzene rings is 2. The van der Waals surface area contributed by atoms with Crippen molar-refractivity contribution in [2.45, 2.75) is 0 Å². The third-order valence-corrected chi connectivity index (χ3v) is 4.53. The first-order valence-electron chi connectivity index (χ1n) is 7.71. The Morgan fingerprint density at radius 3 is 2.60 bits per heavy atom. The highest BCUT2D eigenvalue weighted by Crippen LogP contribution is 2.24. The van der Waals surface area contributed by atoms with Crippen LogP contribution < -0.4 is 10.6 Å². The van der Waals surface area contributed by atoms with Crippen molar-refractivity contribution in [1.29, 1.82) is 0 Å². The van der Waals surface area contributed by atoms with E-state index < -0.39 is 0 Å². The minimum Gasteiger partial charge on any atom is -0.321 e. The Hall–Kier alpha value is -3.19. The number of imidazole rings is 1. The highest BCUT2D eigenvalue weighted by atomic mass is 32.1. The molecule has 1 amide bonds. The molecule has 2 aromatic carbocycles. The minimum absolute atomic E-state index is 0.236. The highest BCUT2D eigenvalue weighted by molar-refractivity contribution is 7.14. The molecule has 0 saturated carbocycles. The van der Waals surface area contributed by atoms with Gasteiger partial charge in [-0.05, 0) is 24.3 Å². The van der Waals surface area contributed by atoms with Crippen LogP contribution in [0, 0.1) is 0 Å². The van der Waals surface area contributed by atoms with Crippen LogP contribution in [0.4, 0.5) is 16.8 Å². The number of anilines is 3. The Morgan fingerprint density at radius 1 is 1.04 bits per heavy atom. The maximum Gasteiger partial charge on any atom is 0.275 e. The summed E-state index contributed by atoms with van der Waals surface area (Å²) >= 11 is 1.37. The zero-order chi connectivity index (χ0) is 17.2. The van der Waals surface area contributed by atoms with E-state index >= 15 is 0 Å². The van der Waals surface area contributed by atoms with Crippen molar-refractivity contribution in [2.24, 2.45) is 7.05 Å². The number of nitrogens with zero attached hydrogens (tertiary/aromatic N) is 3. The molecule has 0 fully saturated rings. The smallest absolute Gasteiger partial charge is 0.275 e. The second-order valence-electron chi connectivity index (χ2n) is 5.47. The molecule has 4 aromatic rings. The maximum atomic E-state index is 12.3. The van der Waals surface area contributed by atoms with Crippen LogP contribution in [0.5, 0.6) is 0 Å². The minimum atomic E-state index is -0.236. The summed E-state index contributed by atoms with van der Waals surface area (Å²) in [5, 5.41) is 8.35. The Bertz CT molecular complexity index is 1040. The van der Waals surface area contributed by atoms with Gasteiger partial charge in [0.25, 0.3) is 5.91 Å². The van der Waals surface area contributed by atoms with Crippen molar-refractivity contribution < 1.29 is 4.79 Å². The molecular formula is C18H15N5OS. The van der Waals surface area contributed by atoms with E-state index in [2.05, 4.69) is 20.6 Å². The van der Waals surface area contributed by atoms with E-state index in [1.807, 2.05) is 66.2 Å². The summed E-state index contributed by atoms with van der Waals surface area (Å²) < 4.78 is 1.96. The van der Waals surface area contributed by atoms with Crippen LogP contribution in [0.2, 0.25) is 0 Å². The first-order valence-corrected chi connectivity index (χ1v) is 8.59. The number of fused-ring (bicyclic) bond motifs is 1. The zero-order valence-corrected chi connectivity index (χ0v) is 14.2. The van der Waals surface area contributed by atoms with Crippen LogP contribution >= 0.6 is 11.3 Å². The molecule has 0 spiro atoms. The average Bonchev–Trinajstić information content (AvgIpc) is 3.22. The van der Waals surface area contributed by atoms with Gasteiger partial charge in [0.05, 0.1) is 11.0 Å². The summed E-state index contributed by atoms with van der Waals surface area (Å²) in [5.41, 5.74) is 3.05. The number of nitrogens with one attached hydrogen (secondary N) is 2. The Kier molecular flexibility index (Phi) is 3.91. The fourth-order valence-electron chi connectivity index (χ4n) is 2.51. The average molecular weight is 349 g/mol. The van der Waals surface area contributed by atoms with Gasteiger partial charge < -0.3 is 15.2 Å². The van der Waals surface area contributed by atoms with Crippen LogP contribution in [0.15, 0.2) is 60.0 Å². The summed E-state index contributed by atoms with van der Waals surface area (Å²) in [6, 6.07) is 17.2. The molecular weight excluding hydrogens is 334 g/mol. The number of para-hydroxylation sites is 3. The lowest BCUT2D eigenvalue weighted by atomic mass is 10.3. The van der Waals surface area contributed by atoms with Crippen molar-refractivity contribution in [3.63, 3.8) is 0 Å². The normalized spacial score (nSPS) is 10.8. The highest BCUT2D eigenvalue weighted by Gasteiger charge is 2.13. The number of aryl methyl sites for hydroxylation is 1. The topological polar surface area (TPSA) is 71.8 Å². The Balaban J connectivity index is 1.53. The lowest BCUT2D eigenvalue weighted by Crippen LogP contribution is -2.12. The lowest BCUT2D eigenvalue weighted by molar-refractivity contribution is 0.102. The molecule has 0 aliphatic rings. The number of hydrogen-bond acceptors (Lipinski definition) is 5. The molecule has 0 radical (unpaired) electrons. The summed E-state index contributed by atoms with van der Waals surface area (Å²) in [6.07, 6.45) is 0. The summed E-state index contributed by atoms with van der Waals surface area (Å²) in [5.74, 6) is 0.450. The van der Waals surface area contributed by atoms with E-state index in [0.29, 0.717) is 16.8 Å². The SMILES string of the molecule is Cn1c(Nc2nc(C(=O)Nc3ccccc3)cs2)nc2ccccc21. The Morgan fingerprint density at radius 2 is 1.80 bits per heavy atom. The fraction of sp³-hybridized carbons (Fsp3) is 0.0556. The standard InChI is InChI=1S/C18H15N5OS/c1-23-15-10-6-5-9-13(15)20-17(23)22-18-21-14(11-25-18)16(24)19-12-7-3-2-4-8-12/h2-11H,1H3,(H,19,24)(H,20,21,22). The molecule has 0 bridgehead atoms. The van der Waals surface area contributed by atoms with Crippen LogP contribution in [0.1, 0.15) is 10.5 Å². The van der Waals surface area contributed by atoms with E-state index in [1.54, 1.807) is 5.38 Å². The number of aromatic nitrogens is 3. The molecule has 25 heavy (non-hydrogen) atoms. The van der Waals surface area contributed by atoms with Gasteiger partial charge in [0.1, 0.15) is 5.69 Å². The molecule has 0 saturated heterocycles. The zero-order valence-electron chi connectivity index (χ0n) is 13.4. The van der Waals surface area contributed by atoms with Crippen molar-refractivity contribution in [2.75, 3.05) is 10.6 Å². The van der Waals surface area contributed by atoms with Crippen molar-refractivity contribution in [3.8, 4) is 0 Å². The molecule has 0 atom stereocenters. The van der Waals surface area contributed by atoms with Gasteiger partial charge in [-0.15, -0.1) is 11.3 Å². The number of carbonyl (C=O) groups excluding carboxylic acids is 1. The predicted molar refractivity (Wildman–Crippen MR) is 101 cm³/mol. The van der Waals surface area contributed by atoms with Gasteiger partial charge in [-0.1, -0.05) is 30.3 Å². The summed E-state index contributed by atoms with van der Waals surface area (Å²) in [4.78, 5) is 21.2. The molecule has 2 heterocycles. The maximum absolute atomic E-state index is 12.3. The fourth-order valence-corrected chi connectivity index (χ4v) is 3.19. The van der Waals surface area contributed by atoms with Gasteiger partial charge >= 0.3 is 0 Å². The van der Waals surface area contributed by atoms with E-state index in [4.69, 9.17) is 0 Å². The van der Waals surface area contributed by atoms with E-state index in [-0.39, 0.29) is 5.91 Å². The van der Waals surface area contributed by atoms with Crippen molar-refractivity contribution in [1.82, 2.24) is 14.5 Å². The lowest BCUT2D eigenvalue weighted by Gasteiger charge is -2.03. The summed E-state index contributed by atoms with van der Waals surface area (Å²) in [7, 11) is 1.94. The van der Waals surface area contributed by atoms with Gasteiger partial charge in [0.2, 0.25) is 5.95 Å². The molecule has 4 rings (SSSR count). The monoisotopic (exact) mass is 349 g/mol. The van der Waals surface area contributed by atoms with Crippen LogP contribution in [-0.4, -0.2) is 20.4 Å². The van der Waals surface area contributed by atoms with Gasteiger partial charge in [0, 0.05) is 18.1 Å². The molecule has 0 unspecified atom stereocenters. The first-order chi connectivity index (χ1) is 12.2. The van der Waals surface area contributed by atoms with Crippen LogP contribution in [-0.2, 0) is 7.05 Å². The number of hydrogen-bond donors (Lipinski definition) is 2. The number of rotatable bonds is 4. The largest absolute Gasteiger partial charge is 0.321 e.